The summed E-state index contributed by atoms with van der Waals surface area (Å²) >= 11 is 3.22. The Balaban J connectivity index is 3.22. The molecule has 12 heavy (non-hydrogen) atoms. The predicted molar refractivity (Wildman–Crippen MR) is 47.2 cm³/mol. The van der Waals surface area contributed by atoms with Gasteiger partial charge in [0.2, 0.25) is 0 Å². The van der Waals surface area contributed by atoms with Gasteiger partial charge in [0.25, 0.3) is 0 Å². The Hall–Kier alpha value is -0.770. The molecule has 0 saturated carbocycles. The van der Waals surface area contributed by atoms with E-state index in [0.29, 0.717) is 16.0 Å². The summed E-state index contributed by atoms with van der Waals surface area (Å²) < 4.78 is 23.2. The number of halogens is 2. The summed E-state index contributed by atoms with van der Waals surface area (Å²) in [6, 6.07) is 2.57. The van der Waals surface area contributed by atoms with Gasteiger partial charge in [-0.05, 0) is 15.9 Å². The summed E-state index contributed by atoms with van der Waals surface area (Å²) in [7, 11) is 2.94. The Morgan fingerprint density at radius 3 is 1.92 bits per heavy atom. The molecule has 0 heterocycles. The van der Waals surface area contributed by atoms with Crippen molar-refractivity contribution >= 4 is 15.9 Å². The zero-order chi connectivity index (χ0) is 9.14. The SMILES string of the molecule is COc1cc(F)cc(OC)c1Br. The van der Waals surface area contributed by atoms with E-state index in [1.165, 1.54) is 26.4 Å². The smallest absolute Gasteiger partial charge is 0.139 e. The normalized spacial score (nSPS) is 9.67. The van der Waals surface area contributed by atoms with Crippen LogP contribution in [0.15, 0.2) is 16.6 Å². The molecule has 0 aliphatic rings. The van der Waals surface area contributed by atoms with Gasteiger partial charge in [-0.15, -0.1) is 0 Å². The summed E-state index contributed by atoms with van der Waals surface area (Å²) in [6.45, 7) is 0. The van der Waals surface area contributed by atoms with Crippen LogP contribution in [0.25, 0.3) is 0 Å². The van der Waals surface area contributed by atoms with Crippen LogP contribution in [0.5, 0.6) is 11.5 Å². The van der Waals surface area contributed by atoms with Gasteiger partial charge in [0.15, 0.2) is 0 Å². The Labute approximate surface area is 78.4 Å². The van der Waals surface area contributed by atoms with Crippen LogP contribution in [0.4, 0.5) is 4.39 Å². The van der Waals surface area contributed by atoms with Crippen LogP contribution >= 0.6 is 15.9 Å². The number of hydrogen-bond acceptors (Lipinski definition) is 2. The van der Waals surface area contributed by atoms with Crippen molar-refractivity contribution in [1.82, 2.24) is 0 Å². The minimum absolute atomic E-state index is 0.382. The molecule has 2 nitrogen and oxygen atoms in total. The number of ether oxygens (including phenoxy) is 2. The van der Waals surface area contributed by atoms with Gasteiger partial charge in [0.1, 0.15) is 21.8 Å². The van der Waals surface area contributed by atoms with Gasteiger partial charge in [-0.1, -0.05) is 0 Å². The van der Waals surface area contributed by atoms with Crippen molar-refractivity contribution in [2.75, 3.05) is 14.2 Å². The van der Waals surface area contributed by atoms with Gasteiger partial charge in [-0.3, -0.25) is 0 Å². The average molecular weight is 235 g/mol. The van der Waals surface area contributed by atoms with Crippen LogP contribution in [0.2, 0.25) is 0 Å². The molecule has 66 valence electrons. The highest BCUT2D eigenvalue weighted by Crippen LogP contribution is 2.34. The molecular formula is C8H8BrFO2. The maximum atomic E-state index is 12.8. The topological polar surface area (TPSA) is 18.5 Å². The highest BCUT2D eigenvalue weighted by Gasteiger charge is 2.08. The molecule has 0 bridgehead atoms. The molecule has 0 aliphatic heterocycles. The van der Waals surface area contributed by atoms with Gasteiger partial charge in [0.05, 0.1) is 14.2 Å². The first-order valence-electron chi connectivity index (χ1n) is 3.26. The molecule has 0 atom stereocenters. The van der Waals surface area contributed by atoms with E-state index in [2.05, 4.69) is 15.9 Å². The molecule has 4 heteroatoms. The molecule has 0 spiro atoms. The lowest BCUT2D eigenvalue weighted by Gasteiger charge is -2.07. The molecule has 1 aromatic rings. The molecule has 0 fully saturated rings. The molecule has 0 radical (unpaired) electrons. The average Bonchev–Trinajstić information content (AvgIpc) is 2.08. The van der Waals surface area contributed by atoms with Crippen LogP contribution in [0.1, 0.15) is 0 Å². The van der Waals surface area contributed by atoms with Crippen molar-refractivity contribution in [3.63, 3.8) is 0 Å². The summed E-state index contributed by atoms with van der Waals surface area (Å²) in [6.07, 6.45) is 0. The fourth-order valence-corrected chi connectivity index (χ4v) is 1.39. The quantitative estimate of drug-likeness (QED) is 0.784. The third kappa shape index (κ3) is 1.69. The van der Waals surface area contributed by atoms with Crippen molar-refractivity contribution in [1.29, 1.82) is 0 Å². The Kier molecular flexibility index (Phi) is 2.92. The maximum absolute atomic E-state index is 12.8. The predicted octanol–water partition coefficient (Wildman–Crippen LogP) is 2.61. The highest BCUT2D eigenvalue weighted by molar-refractivity contribution is 9.10. The number of benzene rings is 1. The third-order valence-electron chi connectivity index (χ3n) is 1.41. The lowest BCUT2D eigenvalue weighted by molar-refractivity contribution is 0.384. The first-order valence-corrected chi connectivity index (χ1v) is 4.05. The third-order valence-corrected chi connectivity index (χ3v) is 2.19. The van der Waals surface area contributed by atoms with Crippen LogP contribution in [0, 0.1) is 5.82 Å². The van der Waals surface area contributed by atoms with E-state index in [-0.39, 0.29) is 5.82 Å². The van der Waals surface area contributed by atoms with Crippen molar-refractivity contribution in [3.05, 3.63) is 22.4 Å². The molecule has 1 rings (SSSR count). The number of rotatable bonds is 2. The van der Waals surface area contributed by atoms with E-state index in [1.807, 2.05) is 0 Å². The maximum Gasteiger partial charge on any atom is 0.139 e. The Bertz CT molecular complexity index is 263. The van der Waals surface area contributed by atoms with Gasteiger partial charge >= 0.3 is 0 Å². The first kappa shape index (κ1) is 9.32. The first-order chi connectivity index (χ1) is 5.69. The van der Waals surface area contributed by atoms with E-state index in [4.69, 9.17) is 9.47 Å². The molecule has 0 unspecified atom stereocenters. The molecule has 0 amide bonds. The molecule has 0 N–H and O–H groups in total. The van der Waals surface area contributed by atoms with E-state index in [9.17, 15) is 4.39 Å². The van der Waals surface area contributed by atoms with Crippen molar-refractivity contribution in [3.8, 4) is 11.5 Å². The summed E-state index contributed by atoms with van der Waals surface area (Å²) in [4.78, 5) is 0. The van der Waals surface area contributed by atoms with Gasteiger partial charge in [-0.25, -0.2) is 4.39 Å². The second kappa shape index (κ2) is 3.76. The zero-order valence-electron chi connectivity index (χ0n) is 6.73. The molecule has 0 aliphatic carbocycles. The molecule has 0 aromatic heterocycles. The van der Waals surface area contributed by atoms with Crippen LogP contribution in [0.3, 0.4) is 0 Å². The van der Waals surface area contributed by atoms with Gasteiger partial charge in [0, 0.05) is 12.1 Å². The minimum atomic E-state index is -0.382. The second-order valence-electron chi connectivity index (χ2n) is 2.12. The Morgan fingerprint density at radius 2 is 1.58 bits per heavy atom. The van der Waals surface area contributed by atoms with Gasteiger partial charge < -0.3 is 9.47 Å². The van der Waals surface area contributed by atoms with Crippen LogP contribution < -0.4 is 9.47 Å². The highest BCUT2D eigenvalue weighted by atomic mass is 79.9. The van der Waals surface area contributed by atoms with Crippen molar-refractivity contribution in [2.24, 2.45) is 0 Å². The lowest BCUT2D eigenvalue weighted by atomic mass is 10.3. The van der Waals surface area contributed by atoms with E-state index in [0.717, 1.165) is 0 Å². The molecule has 1 aromatic carbocycles. The summed E-state index contributed by atoms with van der Waals surface area (Å²) in [5.41, 5.74) is 0. The number of hydrogen-bond donors (Lipinski definition) is 0. The van der Waals surface area contributed by atoms with Crippen molar-refractivity contribution < 1.29 is 13.9 Å². The second-order valence-corrected chi connectivity index (χ2v) is 2.92. The largest absolute Gasteiger partial charge is 0.495 e. The fourth-order valence-electron chi connectivity index (χ4n) is 0.837. The fraction of sp³-hybridized carbons (Fsp3) is 0.250. The lowest BCUT2D eigenvalue weighted by Crippen LogP contribution is -1.91. The monoisotopic (exact) mass is 234 g/mol. The van der Waals surface area contributed by atoms with Crippen LogP contribution in [-0.4, -0.2) is 14.2 Å². The summed E-state index contributed by atoms with van der Waals surface area (Å²) in [5, 5.41) is 0. The minimum Gasteiger partial charge on any atom is -0.495 e. The Morgan fingerprint density at radius 1 is 1.17 bits per heavy atom. The molecule has 0 saturated heterocycles. The van der Waals surface area contributed by atoms with E-state index >= 15 is 0 Å². The van der Waals surface area contributed by atoms with E-state index in [1.54, 1.807) is 0 Å². The molecular weight excluding hydrogens is 227 g/mol. The summed E-state index contributed by atoms with van der Waals surface area (Å²) in [5.74, 6) is 0.464. The van der Waals surface area contributed by atoms with Gasteiger partial charge in [-0.2, -0.15) is 0 Å². The number of methoxy groups -OCH3 is 2. The van der Waals surface area contributed by atoms with Crippen LogP contribution in [-0.2, 0) is 0 Å². The van der Waals surface area contributed by atoms with E-state index < -0.39 is 0 Å². The standard InChI is InChI=1S/C8H8BrFO2/c1-11-6-3-5(10)4-7(12-2)8(6)9/h3-4H,1-2H3. The van der Waals surface area contributed by atoms with Crippen molar-refractivity contribution in [2.45, 2.75) is 0 Å². The zero-order valence-corrected chi connectivity index (χ0v) is 8.31.